The normalized spacial score (nSPS) is 17.2. The highest BCUT2D eigenvalue weighted by atomic mass is 35.5. The summed E-state index contributed by atoms with van der Waals surface area (Å²) >= 11 is 6.29. The minimum Gasteiger partial charge on any atom is -0.392 e. The molecule has 5 heteroatoms. The molecule has 1 aliphatic carbocycles. The van der Waals surface area contributed by atoms with E-state index in [9.17, 15) is 9.90 Å². The molecule has 0 bridgehead atoms. The van der Waals surface area contributed by atoms with E-state index in [1.165, 1.54) is 0 Å². The second-order valence-corrected chi connectivity index (χ2v) is 6.92. The number of amides is 2. The fourth-order valence-corrected chi connectivity index (χ4v) is 3.08. The van der Waals surface area contributed by atoms with Crippen LogP contribution in [-0.4, -0.2) is 41.3 Å². The van der Waals surface area contributed by atoms with Crippen molar-refractivity contribution in [3.05, 3.63) is 34.9 Å². The second kappa shape index (κ2) is 6.88. The lowest BCUT2D eigenvalue weighted by atomic mass is 9.96. The maximum absolute atomic E-state index is 12.4. The molecule has 4 nitrogen and oxygen atoms in total. The number of carbonyl (C=O) groups is 1. The number of hydrogen-bond donors (Lipinski definition) is 2. The van der Waals surface area contributed by atoms with Crippen LogP contribution < -0.4 is 5.32 Å². The van der Waals surface area contributed by atoms with Gasteiger partial charge in [0, 0.05) is 29.6 Å². The Labute approximate surface area is 137 Å². The second-order valence-electron chi connectivity index (χ2n) is 6.51. The molecule has 1 saturated carbocycles. The van der Waals surface area contributed by atoms with Crippen molar-refractivity contribution >= 4 is 17.6 Å². The van der Waals surface area contributed by atoms with Crippen LogP contribution in [0.1, 0.15) is 39.2 Å². The summed E-state index contributed by atoms with van der Waals surface area (Å²) in [6.07, 6.45) is 1.54. The van der Waals surface area contributed by atoms with Crippen molar-refractivity contribution in [3.8, 4) is 0 Å². The van der Waals surface area contributed by atoms with Crippen LogP contribution in [0, 0.1) is 0 Å². The Morgan fingerprint density at radius 2 is 2.00 bits per heavy atom. The lowest BCUT2D eigenvalue weighted by Crippen LogP contribution is -2.48. The molecule has 0 aliphatic heterocycles. The van der Waals surface area contributed by atoms with E-state index in [1.54, 1.807) is 11.8 Å². The van der Waals surface area contributed by atoms with Crippen molar-refractivity contribution < 1.29 is 9.90 Å². The zero-order valence-electron chi connectivity index (χ0n) is 13.5. The van der Waals surface area contributed by atoms with E-state index in [4.69, 9.17) is 11.6 Å². The lowest BCUT2D eigenvalue weighted by molar-refractivity contribution is 0.118. The first-order chi connectivity index (χ1) is 10.4. The molecule has 0 saturated heterocycles. The molecular formula is C17H25ClN2O2. The van der Waals surface area contributed by atoms with Gasteiger partial charge in [0.2, 0.25) is 0 Å². The number of aliphatic hydroxyl groups is 1. The molecule has 1 aliphatic rings. The Bertz CT molecular complexity index is 527. The summed E-state index contributed by atoms with van der Waals surface area (Å²) in [5.41, 5.74) is 1.09. The van der Waals surface area contributed by atoms with Gasteiger partial charge in [-0.3, -0.25) is 0 Å². The van der Waals surface area contributed by atoms with Crippen molar-refractivity contribution in [2.75, 3.05) is 13.1 Å². The minimum absolute atomic E-state index is 0.0263. The average molecular weight is 325 g/mol. The van der Waals surface area contributed by atoms with Gasteiger partial charge in [-0.2, -0.15) is 0 Å². The maximum Gasteiger partial charge on any atom is 0.317 e. The van der Waals surface area contributed by atoms with Gasteiger partial charge >= 0.3 is 6.03 Å². The van der Waals surface area contributed by atoms with E-state index >= 15 is 0 Å². The molecule has 2 amide bonds. The number of nitrogens with one attached hydrogen (secondary N) is 1. The van der Waals surface area contributed by atoms with Crippen molar-refractivity contribution in [1.82, 2.24) is 10.2 Å². The molecule has 2 rings (SSSR count). The molecule has 0 aromatic heterocycles. The van der Waals surface area contributed by atoms with E-state index in [0.717, 1.165) is 23.4 Å². The van der Waals surface area contributed by atoms with Crippen LogP contribution in [-0.2, 0) is 5.41 Å². The minimum atomic E-state index is -0.536. The number of rotatable bonds is 6. The van der Waals surface area contributed by atoms with E-state index in [-0.39, 0.29) is 17.5 Å². The summed E-state index contributed by atoms with van der Waals surface area (Å²) < 4.78 is 0. The summed E-state index contributed by atoms with van der Waals surface area (Å²) in [7, 11) is 0. The number of nitrogens with zero attached hydrogens (tertiary/aromatic N) is 1. The van der Waals surface area contributed by atoms with Gasteiger partial charge in [-0.1, -0.05) is 29.8 Å². The predicted molar refractivity (Wildman–Crippen MR) is 89.3 cm³/mol. The summed E-state index contributed by atoms with van der Waals surface area (Å²) in [6, 6.07) is 7.75. The number of urea groups is 1. The summed E-state index contributed by atoms with van der Waals surface area (Å²) in [5.74, 6) is 0. The first-order valence-electron chi connectivity index (χ1n) is 7.83. The standard InChI is InChI=1S/C17H25ClN2O2/c1-12(2)20(10-13(3)21)16(22)19-11-17(8-9-17)14-6-4-5-7-15(14)18/h4-7,12-13,21H,8-11H2,1-3H3,(H,19,22). The Morgan fingerprint density at radius 3 is 2.50 bits per heavy atom. The maximum atomic E-state index is 12.4. The van der Waals surface area contributed by atoms with Gasteiger partial charge < -0.3 is 15.3 Å². The molecule has 1 atom stereocenters. The largest absolute Gasteiger partial charge is 0.392 e. The molecule has 1 aromatic carbocycles. The van der Waals surface area contributed by atoms with Gasteiger partial charge in [-0.05, 0) is 45.2 Å². The highest BCUT2D eigenvalue weighted by Crippen LogP contribution is 2.49. The Hall–Kier alpha value is -1.26. The monoisotopic (exact) mass is 324 g/mol. The van der Waals surface area contributed by atoms with Crippen LogP contribution in [0.15, 0.2) is 24.3 Å². The van der Waals surface area contributed by atoms with Crippen LogP contribution in [0.4, 0.5) is 4.79 Å². The van der Waals surface area contributed by atoms with E-state index in [0.29, 0.717) is 13.1 Å². The Morgan fingerprint density at radius 1 is 1.36 bits per heavy atom. The lowest BCUT2D eigenvalue weighted by Gasteiger charge is -2.29. The molecule has 1 fully saturated rings. The first kappa shape index (κ1) is 17.1. The van der Waals surface area contributed by atoms with E-state index < -0.39 is 6.10 Å². The Kier molecular flexibility index (Phi) is 5.35. The van der Waals surface area contributed by atoms with Crippen LogP contribution in [0.25, 0.3) is 0 Å². The third kappa shape index (κ3) is 3.93. The smallest absolute Gasteiger partial charge is 0.317 e. The van der Waals surface area contributed by atoms with E-state index in [2.05, 4.69) is 5.32 Å². The van der Waals surface area contributed by atoms with Gasteiger partial charge in [-0.25, -0.2) is 4.79 Å². The van der Waals surface area contributed by atoms with Crippen LogP contribution in [0.3, 0.4) is 0 Å². The predicted octanol–water partition coefficient (Wildman–Crippen LogP) is 3.17. The van der Waals surface area contributed by atoms with Crippen LogP contribution >= 0.6 is 11.6 Å². The zero-order valence-corrected chi connectivity index (χ0v) is 14.2. The number of benzene rings is 1. The quantitative estimate of drug-likeness (QED) is 0.844. The van der Waals surface area contributed by atoms with Gasteiger partial charge in [0.25, 0.3) is 0 Å². The topological polar surface area (TPSA) is 52.6 Å². The highest BCUT2D eigenvalue weighted by Gasteiger charge is 2.45. The number of hydrogen-bond acceptors (Lipinski definition) is 2. The molecule has 0 radical (unpaired) electrons. The van der Waals surface area contributed by atoms with Gasteiger partial charge in [0.1, 0.15) is 0 Å². The number of aliphatic hydroxyl groups excluding tert-OH is 1. The van der Waals surface area contributed by atoms with Crippen LogP contribution in [0.2, 0.25) is 5.02 Å². The fraction of sp³-hybridized carbons (Fsp3) is 0.588. The third-order valence-corrected chi connectivity index (χ3v) is 4.55. The zero-order chi connectivity index (χ0) is 16.3. The molecule has 22 heavy (non-hydrogen) atoms. The summed E-state index contributed by atoms with van der Waals surface area (Å²) in [4.78, 5) is 14.0. The fourth-order valence-electron chi connectivity index (χ4n) is 2.74. The third-order valence-electron chi connectivity index (χ3n) is 4.22. The van der Waals surface area contributed by atoms with Gasteiger partial charge in [-0.15, -0.1) is 0 Å². The number of halogens is 1. The van der Waals surface area contributed by atoms with Crippen LogP contribution in [0.5, 0.6) is 0 Å². The average Bonchev–Trinajstić information content (AvgIpc) is 3.23. The van der Waals surface area contributed by atoms with Crippen molar-refractivity contribution in [3.63, 3.8) is 0 Å². The molecule has 1 unspecified atom stereocenters. The SMILES string of the molecule is CC(O)CN(C(=O)NCC1(c2ccccc2Cl)CC1)C(C)C. The Balaban J connectivity index is 2.00. The van der Waals surface area contributed by atoms with Gasteiger partial charge in [0.15, 0.2) is 0 Å². The van der Waals surface area contributed by atoms with Gasteiger partial charge in [0.05, 0.1) is 6.10 Å². The molecule has 2 N–H and O–H groups in total. The van der Waals surface area contributed by atoms with Crippen molar-refractivity contribution in [1.29, 1.82) is 0 Å². The molecule has 0 heterocycles. The van der Waals surface area contributed by atoms with E-state index in [1.807, 2.05) is 38.1 Å². The molecule has 0 spiro atoms. The summed E-state index contributed by atoms with van der Waals surface area (Å²) in [6.45, 7) is 6.50. The van der Waals surface area contributed by atoms with Crippen molar-refractivity contribution in [2.45, 2.75) is 51.2 Å². The highest BCUT2D eigenvalue weighted by molar-refractivity contribution is 6.31. The summed E-state index contributed by atoms with van der Waals surface area (Å²) in [5, 5.41) is 13.3. The number of carbonyl (C=O) groups excluding carboxylic acids is 1. The molecule has 122 valence electrons. The molecular weight excluding hydrogens is 300 g/mol. The van der Waals surface area contributed by atoms with Crippen molar-refractivity contribution in [2.24, 2.45) is 0 Å². The first-order valence-corrected chi connectivity index (χ1v) is 8.21. The molecule has 1 aromatic rings.